The van der Waals surface area contributed by atoms with Gasteiger partial charge in [0.1, 0.15) is 6.61 Å². The molecule has 2 aromatic carbocycles. The number of amides is 1. The van der Waals surface area contributed by atoms with Crippen LogP contribution in [0.3, 0.4) is 0 Å². The first-order chi connectivity index (χ1) is 10.1. The van der Waals surface area contributed by atoms with Crippen molar-refractivity contribution < 1.29 is 14.3 Å². The molecule has 0 atom stereocenters. The van der Waals surface area contributed by atoms with Gasteiger partial charge in [0.05, 0.1) is 5.69 Å². The molecule has 0 aliphatic heterocycles. The van der Waals surface area contributed by atoms with Gasteiger partial charge in [0, 0.05) is 10.6 Å². The van der Waals surface area contributed by atoms with E-state index in [0.29, 0.717) is 28.1 Å². The third-order valence-corrected chi connectivity index (χ3v) is 3.12. The zero-order valence-electron chi connectivity index (χ0n) is 11.4. The third kappa shape index (κ3) is 4.07. The van der Waals surface area contributed by atoms with Gasteiger partial charge in [0.15, 0.2) is 6.29 Å². The van der Waals surface area contributed by atoms with Crippen LogP contribution in [0.15, 0.2) is 42.5 Å². The van der Waals surface area contributed by atoms with Crippen LogP contribution < -0.4 is 5.32 Å². The number of halogens is 1. The Morgan fingerprint density at radius 1 is 1.29 bits per heavy atom. The number of ether oxygens (including phenoxy) is 1. The summed E-state index contributed by atoms with van der Waals surface area (Å²) in [5.41, 5.74) is 2.31. The van der Waals surface area contributed by atoms with Crippen molar-refractivity contribution >= 4 is 29.7 Å². The Morgan fingerprint density at radius 3 is 2.67 bits per heavy atom. The number of rotatable bonds is 4. The van der Waals surface area contributed by atoms with E-state index in [1.807, 2.05) is 30.3 Å². The molecule has 0 unspecified atom stereocenters. The number of anilines is 1. The Bertz CT molecular complexity index is 656. The molecule has 4 nitrogen and oxygen atoms in total. The molecule has 0 saturated carbocycles. The summed E-state index contributed by atoms with van der Waals surface area (Å²) < 4.78 is 5.12. The molecule has 2 rings (SSSR count). The van der Waals surface area contributed by atoms with E-state index in [1.165, 1.54) is 6.07 Å². The summed E-state index contributed by atoms with van der Waals surface area (Å²) in [6.07, 6.45) is 0.0264. The van der Waals surface area contributed by atoms with Crippen LogP contribution in [-0.4, -0.2) is 12.4 Å². The Hall–Kier alpha value is -2.33. The molecular formula is C16H14ClNO3. The molecule has 0 radical (unpaired) electrons. The van der Waals surface area contributed by atoms with Crippen LogP contribution in [0, 0.1) is 6.92 Å². The first-order valence-electron chi connectivity index (χ1n) is 6.33. The molecule has 0 spiro atoms. The van der Waals surface area contributed by atoms with Gasteiger partial charge in [-0.2, -0.15) is 0 Å². The second kappa shape index (κ2) is 6.90. The fourth-order valence-electron chi connectivity index (χ4n) is 1.89. The lowest BCUT2D eigenvalue weighted by molar-refractivity contribution is 0.112. The lowest BCUT2D eigenvalue weighted by Gasteiger charge is -2.12. The maximum absolute atomic E-state index is 11.8. The highest BCUT2D eigenvalue weighted by molar-refractivity contribution is 6.31. The number of aldehydes is 1. The Morgan fingerprint density at radius 2 is 2.00 bits per heavy atom. The number of aryl methyl sites for hydroxylation is 1. The largest absolute Gasteiger partial charge is 0.444 e. The summed E-state index contributed by atoms with van der Waals surface area (Å²) >= 11 is 5.88. The van der Waals surface area contributed by atoms with Gasteiger partial charge < -0.3 is 4.74 Å². The Balaban J connectivity index is 2.04. The molecule has 5 heteroatoms. The average molecular weight is 304 g/mol. The van der Waals surface area contributed by atoms with E-state index in [2.05, 4.69) is 5.32 Å². The predicted molar refractivity (Wildman–Crippen MR) is 81.8 cm³/mol. The molecule has 0 saturated heterocycles. The van der Waals surface area contributed by atoms with E-state index in [-0.39, 0.29) is 6.61 Å². The Kier molecular flexibility index (Phi) is 4.95. The van der Waals surface area contributed by atoms with E-state index in [9.17, 15) is 9.59 Å². The zero-order chi connectivity index (χ0) is 15.2. The van der Waals surface area contributed by atoms with Crippen LogP contribution in [0.5, 0.6) is 0 Å². The minimum Gasteiger partial charge on any atom is -0.444 e. The lowest BCUT2D eigenvalue weighted by atomic mass is 10.1. The fourth-order valence-corrected chi connectivity index (χ4v) is 2.18. The topological polar surface area (TPSA) is 55.4 Å². The fraction of sp³-hybridized carbons (Fsp3) is 0.125. The van der Waals surface area contributed by atoms with Gasteiger partial charge in [0.2, 0.25) is 0 Å². The van der Waals surface area contributed by atoms with Crippen molar-refractivity contribution in [1.29, 1.82) is 0 Å². The monoisotopic (exact) mass is 303 g/mol. The first-order valence-corrected chi connectivity index (χ1v) is 6.71. The molecule has 0 heterocycles. The molecule has 0 aliphatic rings. The van der Waals surface area contributed by atoms with Crippen molar-refractivity contribution in [1.82, 2.24) is 0 Å². The van der Waals surface area contributed by atoms with Crippen LogP contribution in [0.2, 0.25) is 5.02 Å². The van der Waals surface area contributed by atoms with Crippen LogP contribution >= 0.6 is 11.6 Å². The number of hydrogen-bond donors (Lipinski definition) is 1. The highest BCUT2D eigenvalue weighted by Crippen LogP contribution is 2.24. The minimum absolute atomic E-state index is 0.162. The van der Waals surface area contributed by atoms with Crippen LogP contribution in [0.1, 0.15) is 21.5 Å². The van der Waals surface area contributed by atoms with Gasteiger partial charge in [-0.3, -0.25) is 10.1 Å². The highest BCUT2D eigenvalue weighted by atomic mass is 35.5. The van der Waals surface area contributed by atoms with E-state index in [4.69, 9.17) is 16.3 Å². The lowest BCUT2D eigenvalue weighted by Crippen LogP contribution is -2.15. The number of nitrogens with one attached hydrogen (secondary N) is 1. The highest BCUT2D eigenvalue weighted by Gasteiger charge is 2.11. The molecule has 108 valence electrons. The third-order valence-electron chi connectivity index (χ3n) is 2.90. The van der Waals surface area contributed by atoms with Crippen molar-refractivity contribution in [3.05, 3.63) is 64.2 Å². The van der Waals surface area contributed by atoms with E-state index in [1.54, 1.807) is 13.0 Å². The number of benzene rings is 2. The summed E-state index contributed by atoms with van der Waals surface area (Å²) in [5.74, 6) is 0. The number of hydrogen-bond acceptors (Lipinski definition) is 3. The molecule has 0 fully saturated rings. The minimum atomic E-state index is -0.618. The van der Waals surface area contributed by atoms with Crippen molar-refractivity contribution in [3.8, 4) is 0 Å². The number of carbonyl (C=O) groups excluding carboxylic acids is 2. The van der Waals surface area contributed by atoms with Crippen LogP contribution in [-0.2, 0) is 11.3 Å². The van der Waals surface area contributed by atoms with Gasteiger partial charge in [-0.15, -0.1) is 0 Å². The molecule has 0 aliphatic carbocycles. The molecule has 0 aromatic heterocycles. The predicted octanol–water partition coefficient (Wildman–Crippen LogP) is 4.21. The molecule has 21 heavy (non-hydrogen) atoms. The van der Waals surface area contributed by atoms with Crippen LogP contribution in [0.25, 0.3) is 0 Å². The van der Waals surface area contributed by atoms with E-state index in [0.717, 1.165) is 5.56 Å². The molecule has 1 N–H and O–H groups in total. The normalized spacial score (nSPS) is 10.0. The number of carbonyl (C=O) groups is 2. The van der Waals surface area contributed by atoms with Gasteiger partial charge >= 0.3 is 6.09 Å². The van der Waals surface area contributed by atoms with Crippen molar-refractivity contribution in [3.63, 3.8) is 0 Å². The summed E-state index contributed by atoms with van der Waals surface area (Å²) in [6, 6.07) is 12.5. The second-order valence-corrected chi connectivity index (χ2v) is 4.93. The molecule has 0 bridgehead atoms. The Labute approximate surface area is 127 Å². The average Bonchev–Trinajstić information content (AvgIpc) is 2.48. The maximum atomic E-state index is 11.8. The summed E-state index contributed by atoms with van der Waals surface area (Å²) in [7, 11) is 0. The zero-order valence-corrected chi connectivity index (χ0v) is 12.2. The molecule has 2 aromatic rings. The molecule has 1 amide bonds. The standard InChI is InChI=1S/C16H14ClNO3/c1-11-7-14(17)8-13(9-19)15(11)18-16(20)21-10-12-5-3-2-4-6-12/h2-9H,10H2,1H3,(H,18,20). The summed E-state index contributed by atoms with van der Waals surface area (Å²) in [6.45, 7) is 1.92. The molecular weight excluding hydrogens is 290 g/mol. The van der Waals surface area contributed by atoms with Gasteiger partial charge in [-0.05, 0) is 30.2 Å². The quantitative estimate of drug-likeness (QED) is 0.861. The van der Waals surface area contributed by atoms with Gasteiger partial charge in [0.25, 0.3) is 0 Å². The summed E-state index contributed by atoms with van der Waals surface area (Å²) in [5, 5.41) is 3.02. The van der Waals surface area contributed by atoms with E-state index < -0.39 is 6.09 Å². The smallest absolute Gasteiger partial charge is 0.411 e. The van der Waals surface area contributed by atoms with Crippen molar-refractivity contribution in [2.24, 2.45) is 0 Å². The van der Waals surface area contributed by atoms with Gasteiger partial charge in [-0.1, -0.05) is 41.9 Å². The summed E-state index contributed by atoms with van der Waals surface area (Å²) in [4.78, 5) is 22.9. The van der Waals surface area contributed by atoms with Crippen molar-refractivity contribution in [2.75, 3.05) is 5.32 Å². The van der Waals surface area contributed by atoms with Crippen LogP contribution in [0.4, 0.5) is 10.5 Å². The van der Waals surface area contributed by atoms with Gasteiger partial charge in [-0.25, -0.2) is 4.79 Å². The maximum Gasteiger partial charge on any atom is 0.411 e. The second-order valence-electron chi connectivity index (χ2n) is 4.49. The first kappa shape index (κ1) is 15.1. The van der Waals surface area contributed by atoms with Crippen molar-refractivity contribution in [2.45, 2.75) is 13.5 Å². The van der Waals surface area contributed by atoms with E-state index >= 15 is 0 Å². The SMILES string of the molecule is Cc1cc(Cl)cc(C=O)c1NC(=O)OCc1ccccc1.